The van der Waals surface area contributed by atoms with Crippen LogP contribution >= 0.6 is 12.1 Å². The predicted molar refractivity (Wildman–Crippen MR) is 47.5 cm³/mol. The summed E-state index contributed by atoms with van der Waals surface area (Å²) in [6.45, 7) is 0. The zero-order valence-electron chi connectivity index (χ0n) is 6.53. The van der Waals surface area contributed by atoms with E-state index in [9.17, 15) is 8.68 Å². The van der Waals surface area contributed by atoms with E-state index in [-0.39, 0.29) is 29.2 Å². The summed E-state index contributed by atoms with van der Waals surface area (Å²) in [7, 11) is 0. The van der Waals surface area contributed by atoms with Crippen LogP contribution in [0.4, 0.5) is 3.89 Å². The third-order valence-corrected chi connectivity index (χ3v) is 1.96. The van der Waals surface area contributed by atoms with Crippen LogP contribution in [0.15, 0.2) is 18.2 Å². The number of carboxylic acids is 1. The smallest absolute Gasteiger partial charge is 0.339 e. The van der Waals surface area contributed by atoms with Gasteiger partial charge in [0.1, 0.15) is 11.3 Å². The highest BCUT2D eigenvalue weighted by atomic mass is 32.2. The minimum atomic E-state index is -1.22. The largest absolute Gasteiger partial charge is 0.507 e. The Balaban J connectivity index is 3.04. The van der Waals surface area contributed by atoms with Crippen LogP contribution in [0.1, 0.15) is 15.9 Å². The second-order valence-electron chi connectivity index (χ2n) is 2.41. The van der Waals surface area contributed by atoms with Crippen LogP contribution in [0.5, 0.6) is 5.75 Å². The van der Waals surface area contributed by atoms with Crippen molar-refractivity contribution < 1.29 is 18.9 Å². The highest BCUT2D eigenvalue weighted by Gasteiger charge is 2.09. The van der Waals surface area contributed by atoms with Crippen LogP contribution < -0.4 is 0 Å². The zero-order valence-corrected chi connectivity index (χ0v) is 7.34. The first-order chi connectivity index (χ1) is 6.15. The van der Waals surface area contributed by atoms with E-state index in [2.05, 4.69) is 0 Å². The van der Waals surface area contributed by atoms with Crippen molar-refractivity contribution in [2.24, 2.45) is 0 Å². The van der Waals surface area contributed by atoms with E-state index in [1.165, 1.54) is 18.2 Å². The number of halogens is 1. The number of rotatable bonds is 3. The van der Waals surface area contributed by atoms with Gasteiger partial charge in [-0.15, -0.1) is 0 Å². The molecule has 0 atom stereocenters. The van der Waals surface area contributed by atoms with Crippen molar-refractivity contribution in [3.8, 4) is 5.75 Å². The average molecular weight is 202 g/mol. The van der Waals surface area contributed by atoms with Crippen molar-refractivity contribution in [2.75, 3.05) is 0 Å². The van der Waals surface area contributed by atoms with E-state index in [1.54, 1.807) is 0 Å². The number of phenols is 1. The molecule has 0 saturated carbocycles. The van der Waals surface area contributed by atoms with Gasteiger partial charge in [-0.1, -0.05) is 6.07 Å². The van der Waals surface area contributed by atoms with E-state index in [0.29, 0.717) is 5.56 Å². The normalized spacial score (nSPS) is 9.92. The van der Waals surface area contributed by atoms with Crippen molar-refractivity contribution >= 4 is 18.1 Å². The zero-order chi connectivity index (χ0) is 9.84. The van der Waals surface area contributed by atoms with Gasteiger partial charge in [-0.2, -0.15) is 3.89 Å². The lowest BCUT2D eigenvalue weighted by Crippen LogP contribution is -1.97. The topological polar surface area (TPSA) is 57.5 Å². The Morgan fingerprint density at radius 1 is 1.54 bits per heavy atom. The summed E-state index contributed by atoms with van der Waals surface area (Å²) in [6, 6.07) is 3.98. The number of benzene rings is 1. The van der Waals surface area contributed by atoms with Crippen molar-refractivity contribution in [1.29, 1.82) is 0 Å². The standard InChI is InChI=1S/C8H7FO3S/c9-13-4-5-1-2-7(10)6(3-5)8(11)12/h1-3,10H,4H2,(H,11,12). The first kappa shape index (κ1) is 9.85. The molecule has 13 heavy (non-hydrogen) atoms. The molecular formula is C8H7FO3S. The molecule has 0 aliphatic heterocycles. The summed E-state index contributed by atoms with van der Waals surface area (Å²) < 4.78 is 11.8. The van der Waals surface area contributed by atoms with Gasteiger partial charge < -0.3 is 10.2 Å². The minimum absolute atomic E-state index is 0.0839. The summed E-state index contributed by atoms with van der Waals surface area (Å²) in [4.78, 5) is 10.5. The monoisotopic (exact) mass is 202 g/mol. The second-order valence-corrected chi connectivity index (χ2v) is 2.92. The van der Waals surface area contributed by atoms with Gasteiger partial charge in [0, 0.05) is 12.1 Å². The maximum atomic E-state index is 11.8. The molecule has 0 aromatic heterocycles. The van der Waals surface area contributed by atoms with Crippen LogP contribution in [0, 0.1) is 0 Å². The SMILES string of the molecule is O=C(O)c1cc(CSF)ccc1O. The van der Waals surface area contributed by atoms with Crippen LogP contribution in [-0.2, 0) is 5.75 Å². The highest BCUT2D eigenvalue weighted by Crippen LogP contribution is 2.21. The Morgan fingerprint density at radius 2 is 2.23 bits per heavy atom. The fourth-order valence-corrected chi connectivity index (χ4v) is 1.21. The Morgan fingerprint density at radius 3 is 2.77 bits per heavy atom. The number of hydrogen-bond donors (Lipinski definition) is 2. The molecule has 1 rings (SSSR count). The molecule has 5 heteroatoms. The maximum absolute atomic E-state index is 11.8. The molecule has 1 aromatic rings. The summed E-state index contributed by atoms with van der Waals surface area (Å²) in [5.41, 5.74) is 0.328. The van der Waals surface area contributed by atoms with Gasteiger partial charge in [0.2, 0.25) is 0 Å². The van der Waals surface area contributed by atoms with Crippen molar-refractivity contribution in [3.05, 3.63) is 29.3 Å². The van der Waals surface area contributed by atoms with E-state index >= 15 is 0 Å². The number of hydrogen-bond acceptors (Lipinski definition) is 3. The maximum Gasteiger partial charge on any atom is 0.339 e. The Labute approximate surface area is 78.5 Å². The lowest BCUT2D eigenvalue weighted by molar-refractivity contribution is 0.0693. The van der Waals surface area contributed by atoms with Crippen LogP contribution in [0.3, 0.4) is 0 Å². The second kappa shape index (κ2) is 4.13. The van der Waals surface area contributed by atoms with E-state index in [0.717, 1.165) is 0 Å². The van der Waals surface area contributed by atoms with Crippen LogP contribution in [0.25, 0.3) is 0 Å². The Kier molecular flexibility index (Phi) is 3.13. The van der Waals surface area contributed by atoms with Crippen molar-refractivity contribution in [3.63, 3.8) is 0 Å². The summed E-state index contributed by atoms with van der Waals surface area (Å²) in [5.74, 6) is -1.44. The fraction of sp³-hybridized carbons (Fsp3) is 0.125. The summed E-state index contributed by atoms with van der Waals surface area (Å²) in [6.07, 6.45) is 0. The molecule has 0 aliphatic carbocycles. The Bertz CT molecular complexity index is 327. The minimum Gasteiger partial charge on any atom is -0.507 e. The van der Waals surface area contributed by atoms with Gasteiger partial charge in [-0.3, -0.25) is 0 Å². The fourth-order valence-electron chi connectivity index (χ4n) is 0.907. The first-order valence-corrected chi connectivity index (χ1v) is 4.32. The van der Waals surface area contributed by atoms with Gasteiger partial charge >= 0.3 is 5.97 Å². The summed E-state index contributed by atoms with van der Waals surface area (Å²) in [5, 5.41) is 17.7. The molecule has 70 valence electrons. The highest BCUT2D eigenvalue weighted by molar-refractivity contribution is 7.93. The molecule has 0 fully saturated rings. The first-order valence-electron chi connectivity index (χ1n) is 3.44. The van der Waals surface area contributed by atoms with Gasteiger partial charge in [-0.05, 0) is 17.7 Å². The van der Waals surface area contributed by atoms with Crippen LogP contribution in [0.2, 0.25) is 0 Å². The third kappa shape index (κ3) is 2.35. The molecule has 0 bridgehead atoms. The van der Waals surface area contributed by atoms with E-state index in [1.807, 2.05) is 0 Å². The molecule has 0 unspecified atom stereocenters. The molecule has 0 saturated heterocycles. The molecular weight excluding hydrogens is 195 g/mol. The molecule has 0 aliphatic rings. The third-order valence-electron chi connectivity index (χ3n) is 1.51. The molecule has 3 nitrogen and oxygen atoms in total. The van der Waals surface area contributed by atoms with Gasteiger partial charge in [0.15, 0.2) is 0 Å². The number of aromatic carboxylic acids is 1. The number of carboxylic acid groups (broad SMARTS) is 1. The van der Waals surface area contributed by atoms with Crippen molar-refractivity contribution in [2.45, 2.75) is 5.75 Å². The Hall–Kier alpha value is -1.23. The van der Waals surface area contributed by atoms with Gasteiger partial charge in [0.25, 0.3) is 0 Å². The van der Waals surface area contributed by atoms with E-state index in [4.69, 9.17) is 10.2 Å². The van der Waals surface area contributed by atoms with Gasteiger partial charge in [-0.25, -0.2) is 4.79 Å². The summed E-state index contributed by atoms with van der Waals surface area (Å²) >= 11 is 0.106. The molecule has 0 amide bonds. The lowest BCUT2D eigenvalue weighted by Gasteiger charge is -2.01. The average Bonchev–Trinajstić information content (AvgIpc) is 2.08. The van der Waals surface area contributed by atoms with Crippen molar-refractivity contribution in [1.82, 2.24) is 0 Å². The number of carbonyl (C=O) groups is 1. The molecule has 2 N–H and O–H groups in total. The molecule has 0 spiro atoms. The van der Waals surface area contributed by atoms with E-state index < -0.39 is 5.97 Å². The predicted octanol–water partition coefficient (Wildman–Crippen LogP) is 2.21. The number of aromatic hydroxyl groups is 1. The molecule has 1 aromatic carbocycles. The van der Waals surface area contributed by atoms with Crippen LogP contribution in [-0.4, -0.2) is 16.2 Å². The molecule has 0 heterocycles. The lowest BCUT2D eigenvalue weighted by atomic mass is 10.1. The molecule has 0 radical (unpaired) electrons. The van der Waals surface area contributed by atoms with Gasteiger partial charge in [0.05, 0.1) is 5.75 Å². The quantitative estimate of drug-likeness (QED) is 0.788.